The molecule has 0 saturated heterocycles. The van der Waals surface area contributed by atoms with Crippen LogP contribution in [-0.2, 0) is 6.54 Å². The maximum Gasteiger partial charge on any atom is 0.147 e. The standard InChI is InChI=1S/C12H18N4/c1-4-6-13-8-11-9-15-12(10-14-11)16(3)7-5-2/h2,9-10,13H,4,6-8H2,1,3H3. The van der Waals surface area contributed by atoms with Gasteiger partial charge in [-0.3, -0.25) is 4.98 Å². The lowest BCUT2D eigenvalue weighted by Gasteiger charge is -2.14. The second-order valence-electron chi connectivity index (χ2n) is 3.60. The maximum atomic E-state index is 5.23. The lowest BCUT2D eigenvalue weighted by atomic mass is 10.4. The summed E-state index contributed by atoms with van der Waals surface area (Å²) >= 11 is 0. The number of nitrogens with one attached hydrogen (secondary N) is 1. The monoisotopic (exact) mass is 218 g/mol. The lowest BCUT2D eigenvalue weighted by Crippen LogP contribution is -2.19. The molecule has 0 bridgehead atoms. The second kappa shape index (κ2) is 6.81. The highest BCUT2D eigenvalue weighted by atomic mass is 15.2. The fourth-order valence-corrected chi connectivity index (χ4v) is 1.25. The Morgan fingerprint density at radius 3 is 2.81 bits per heavy atom. The molecule has 0 radical (unpaired) electrons. The van der Waals surface area contributed by atoms with Crippen molar-refractivity contribution in [2.75, 3.05) is 25.0 Å². The van der Waals surface area contributed by atoms with E-state index in [1.54, 1.807) is 12.4 Å². The van der Waals surface area contributed by atoms with Gasteiger partial charge >= 0.3 is 0 Å². The van der Waals surface area contributed by atoms with Crippen LogP contribution in [0.15, 0.2) is 12.4 Å². The van der Waals surface area contributed by atoms with Crippen LogP contribution in [0.5, 0.6) is 0 Å². The Labute approximate surface area is 97.1 Å². The summed E-state index contributed by atoms with van der Waals surface area (Å²) in [6.07, 6.45) is 9.88. The number of nitrogens with zero attached hydrogens (tertiary/aromatic N) is 3. The molecule has 1 aromatic heterocycles. The summed E-state index contributed by atoms with van der Waals surface area (Å²) in [5, 5.41) is 3.28. The zero-order valence-corrected chi connectivity index (χ0v) is 9.90. The molecule has 0 aliphatic carbocycles. The summed E-state index contributed by atoms with van der Waals surface area (Å²) in [5.74, 6) is 3.37. The normalized spacial score (nSPS) is 9.81. The first-order chi connectivity index (χ1) is 7.77. The van der Waals surface area contributed by atoms with Crippen molar-refractivity contribution in [1.82, 2.24) is 15.3 Å². The average molecular weight is 218 g/mol. The van der Waals surface area contributed by atoms with Gasteiger partial charge in [0.05, 0.1) is 24.6 Å². The number of aromatic nitrogens is 2. The largest absolute Gasteiger partial charge is 0.347 e. The summed E-state index contributed by atoms with van der Waals surface area (Å²) < 4.78 is 0. The third kappa shape index (κ3) is 3.87. The van der Waals surface area contributed by atoms with E-state index in [4.69, 9.17) is 6.42 Å². The molecule has 0 atom stereocenters. The van der Waals surface area contributed by atoms with Crippen LogP contribution < -0.4 is 10.2 Å². The zero-order valence-electron chi connectivity index (χ0n) is 9.90. The minimum Gasteiger partial charge on any atom is -0.347 e. The highest BCUT2D eigenvalue weighted by Gasteiger charge is 2.01. The van der Waals surface area contributed by atoms with Crippen LogP contribution in [0, 0.1) is 12.3 Å². The molecule has 1 N–H and O–H groups in total. The van der Waals surface area contributed by atoms with Gasteiger partial charge in [-0.1, -0.05) is 12.8 Å². The average Bonchev–Trinajstić information content (AvgIpc) is 2.30. The third-order valence-corrected chi connectivity index (χ3v) is 2.14. The van der Waals surface area contributed by atoms with Crippen LogP contribution in [0.4, 0.5) is 5.82 Å². The molecule has 1 aromatic rings. The van der Waals surface area contributed by atoms with Crippen molar-refractivity contribution in [2.24, 2.45) is 0 Å². The molecule has 0 fully saturated rings. The van der Waals surface area contributed by atoms with Crippen LogP contribution in [-0.4, -0.2) is 30.1 Å². The first kappa shape index (κ1) is 12.5. The van der Waals surface area contributed by atoms with Crippen molar-refractivity contribution < 1.29 is 0 Å². The molecule has 1 rings (SSSR count). The molecule has 4 heteroatoms. The smallest absolute Gasteiger partial charge is 0.147 e. The Morgan fingerprint density at radius 1 is 1.44 bits per heavy atom. The van der Waals surface area contributed by atoms with Crippen molar-refractivity contribution in [3.05, 3.63) is 18.1 Å². The minimum atomic E-state index is 0.544. The van der Waals surface area contributed by atoms with E-state index in [9.17, 15) is 0 Å². The van der Waals surface area contributed by atoms with Gasteiger partial charge < -0.3 is 10.2 Å². The molecule has 16 heavy (non-hydrogen) atoms. The molecule has 0 aliphatic rings. The summed E-state index contributed by atoms with van der Waals surface area (Å²) in [5.41, 5.74) is 0.950. The van der Waals surface area contributed by atoms with E-state index < -0.39 is 0 Å². The van der Waals surface area contributed by atoms with Crippen LogP contribution in [0.1, 0.15) is 19.0 Å². The second-order valence-corrected chi connectivity index (χ2v) is 3.60. The Balaban J connectivity index is 2.51. The van der Waals surface area contributed by atoms with E-state index in [2.05, 4.69) is 28.1 Å². The van der Waals surface area contributed by atoms with Gasteiger partial charge in [-0.2, -0.15) is 0 Å². The first-order valence-electron chi connectivity index (χ1n) is 5.44. The van der Waals surface area contributed by atoms with Gasteiger partial charge in [0, 0.05) is 13.6 Å². The minimum absolute atomic E-state index is 0.544. The topological polar surface area (TPSA) is 41.1 Å². The Kier molecular flexibility index (Phi) is 5.30. The molecule has 0 aromatic carbocycles. The molecule has 1 heterocycles. The molecule has 4 nitrogen and oxygen atoms in total. The highest BCUT2D eigenvalue weighted by Crippen LogP contribution is 2.05. The van der Waals surface area contributed by atoms with Gasteiger partial charge in [-0.25, -0.2) is 4.98 Å². The predicted octanol–water partition coefficient (Wildman–Crippen LogP) is 1.05. The van der Waals surface area contributed by atoms with Gasteiger partial charge in [0.2, 0.25) is 0 Å². The Bertz CT molecular complexity index is 339. The number of anilines is 1. The third-order valence-electron chi connectivity index (χ3n) is 2.14. The summed E-state index contributed by atoms with van der Waals surface area (Å²) in [7, 11) is 1.90. The fourth-order valence-electron chi connectivity index (χ4n) is 1.25. The molecule has 0 amide bonds. The van der Waals surface area contributed by atoms with Crippen LogP contribution in [0.3, 0.4) is 0 Å². The van der Waals surface area contributed by atoms with Crippen molar-refractivity contribution in [3.8, 4) is 12.3 Å². The molecule has 0 aliphatic heterocycles. The molecule has 86 valence electrons. The van der Waals surface area contributed by atoms with Crippen molar-refractivity contribution in [3.63, 3.8) is 0 Å². The van der Waals surface area contributed by atoms with Gasteiger partial charge in [0.15, 0.2) is 0 Å². The van der Waals surface area contributed by atoms with Crippen LogP contribution >= 0.6 is 0 Å². The van der Waals surface area contributed by atoms with Crippen molar-refractivity contribution in [2.45, 2.75) is 19.9 Å². The van der Waals surface area contributed by atoms with E-state index in [0.29, 0.717) is 6.54 Å². The van der Waals surface area contributed by atoms with Crippen LogP contribution in [0.25, 0.3) is 0 Å². The van der Waals surface area contributed by atoms with Gasteiger partial charge in [0.1, 0.15) is 5.82 Å². The van der Waals surface area contributed by atoms with E-state index in [0.717, 1.165) is 31.0 Å². The zero-order chi connectivity index (χ0) is 11.8. The molecular weight excluding hydrogens is 200 g/mol. The fraction of sp³-hybridized carbons (Fsp3) is 0.500. The lowest BCUT2D eigenvalue weighted by molar-refractivity contribution is 0.662. The van der Waals surface area contributed by atoms with Gasteiger partial charge in [-0.05, 0) is 13.0 Å². The van der Waals surface area contributed by atoms with E-state index >= 15 is 0 Å². The number of terminal acetylenes is 1. The van der Waals surface area contributed by atoms with Gasteiger partial charge in [0.25, 0.3) is 0 Å². The summed E-state index contributed by atoms with van der Waals surface area (Å²) in [6.45, 7) is 4.44. The van der Waals surface area contributed by atoms with E-state index in [-0.39, 0.29) is 0 Å². The molecule has 0 unspecified atom stereocenters. The van der Waals surface area contributed by atoms with E-state index in [1.807, 2.05) is 11.9 Å². The SMILES string of the molecule is C#CCN(C)c1cnc(CNCCC)cn1. The van der Waals surface area contributed by atoms with Crippen molar-refractivity contribution in [1.29, 1.82) is 0 Å². The Hall–Kier alpha value is -1.60. The predicted molar refractivity (Wildman–Crippen MR) is 66.1 cm³/mol. The molecular formula is C12H18N4. The van der Waals surface area contributed by atoms with Crippen LogP contribution in [0.2, 0.25) is 0 Å². The first-order valence-corrected chi connectivity index (χ1v) is 5.44. The summed E-state index contributed by atoms with van der Waals surface area (Å²) in [6, 6.07) is 0. The number of hydrogen-bond acceptors (Lipinski definition) is 4. The van der Waals surface area contributed by atoms with Crippen molar-refractivity contribution >= 4 is 5.82 Å². The summed E-state index contributed by atoms with van der Waals surface area (Å²) in [4.78, 5) is 10.5. The Morgan fingerprint density at radius 2 is 2.25 bits per heavy atom. The number of rotatable bonds is 6. The molecule has 0 spiro atoms. The molecule has 0 saturated carbocycles. The number of hydrogen-bond donors (Lipinski definition) is 1. The van der Waals surface area contributed by atoms with E-state index in [1.165, 1.54) is 0 Å². The van der Waals surface area contributed by atoms with Gasteiger partial charge in [-0.15, -0.1) is 6.42 Å². The highest BCUT2D eigenvalue weighted by molar-refractivity contribution is 5.36. The quantitative estimate of drug-likeness (QED) is 0.572. The maximum absolute atomic E-state index is 5.23.